The van der Waals surface area contributed by atoms with Crippen LogP contribution in [0.15, 0.2) is 54.7 Å². The Hall–Kier alpha value is -2.46. The number of nitrogens with two attached hydrogens (primary N) is 1. The van der Waals surface area contributed by atoms with Crippen LogP contribution in [0.5, 0.6) is 11.5 Å². The van der Waals surface area contributed by atoms with Crippen molar-refractivity contribution < 1.29 is 9.13 Å². The summed E-state index contributed by atoms with van der Waals surface area (Å²) < 4.78 is 19.8. The van der Waals surface area contributed by atoms with Gasteiger partial charge in [-0.3, -0.25) is 4.98 Å². The van der Waals surface area contributed by atoms with Gasteiger partial charge in [-0.25, -0.2) is 4.39 Å². The molecule has 0 saturated carbocycles. The van der Waals surface area contributed by atoms with Crippen LogP contribution in [0.2, 0.25) is 0 Å². The number of fused-ring (bicyclic) bond motifs is 1. The van der Waals surface area contributed by atoms with E-state index in [4.69, 9.17) is 10.5 Å². The quantitative estimate of drug-likeness (QED) is 0.783. The summed E-state index contributed by atoms with van der Waals surface area (Å²) in [6.45, 7) is 1.81. The molecule has 0 aliphatic heterocycles. The third-order valence-electron chi connectivity index (χ3n) is 3.31. The Bertz CT molecular complexity index is 781. The second-order valence-electron chi connectivity index (χ2n) is 4.91. The highest BCUT2D eigenvalue weighted by Gasteiger charge is 2.10. The lowest BCUT2D eigenvalue weighted by Crippen LogP contribution is -2.05. The molecule has 1 atom stereocenters. The first kappa shape index (κ1) is 13.5. The minimum atomic E-state index is -0.425. The minimum Gasteiger partial charge on any atom is -0.454 e. The average molecular weight is 282 g/mol. The first-order valence-corrected chi connectivity index (χ1v) is 6.72. The molecule has 1 heterocycles. The molecule has 0 bridgehead atoms. The number of aromatic nitrogens is 1. The molecule has 0 saturated heterocycles. The van der Waals surface area contributed by atoms with Crippen molar-refractivity contribution in [2.75, 3.05) is 0 Å². The van der Waals surface area contributed by atoms with E-state index in [9.17, 15) is 4.39 Å². The van der Waals surface area contributed by atoms with Crippen LogP contribution in [-0.2, 0) is 0 Å². The van der Waals surface area contributed by atoms with Crippen molar-refractivity contribution in [1.29, 1.82) is 0 Å². The van der Waals surface area contributed by atoms with E-state index in [0.29, 0.717) is 5.75 Å². The van der Waals surface area contributed by atoms with Crippen LogP contribution in [0.4, 0.5) is 4.39 Å². The molecule has 21 heavy (non-hydrogen) atoms. The molecule has 2 aromatic carbocycles. The van der Waals surface area contributed by atoms with E-state index in [1.165, 1.54) is 6.07 Å². The summed E-state index contributed by atoms with van der Waals surface area (Å²) in [5.74, 6) is 0.328. The molecule has 0 aliphatic carbocycles. The summed E-state index contributed by atoms with van der Waals surface area (Å²) in [6, 6.07) is 13.8. The lowest BCUT2D eigenvalue weighted by atomic mass is 10.1. The molecule has 4 heteroatoms. The first-order valence-electron chi connectivity index (χ1n) is 6.72. The van der Waals surface area contributed by atoms with E-state index in [1.54, 1.807) is 24.4 Å². The Labute approximate surface area is 122 Å². The van der Waals surface area contributed by atoms with Crippen LogP contribution in [0, 0.1) is 5.82 Å². The average Bonchev–Trinajstić information content (AvgIpc) is 2.49. The zero-order valence-electron chi connectivity index (χ0n) is 11.6. The van der Waals surface area contributed by atoms with E-state index < -0.39 is 5.82 Å². The van der Waals surface area contributed by atoms with Gasteiger partial charge in [0.15, 0.2) is 11.6 Å². The molecule has 0 spiro atoms. The maximum Gasteiger partial charge on any atom is 0.166 e. The van der Waals surface area contributed by atoms with Crippen molar-refractivity contribution in [3.63, 3.8) is 0 Å². The number of pyridine rings is 1. The highest BCUT2D eigenvalue weighted by molar-refractivity contribution is 5.85. The van der Waals surface area contributed by atoms with Gasteiger partial charge in [-0.1, -0.05) is 12.1 Å². The van der Waals surface area contributed by atoms with Gasteiger partial charge in [0.05, 0.1) is 5.52 Å². The van der Waals surface area contributed by atoms with Gasteiger partial charge in [-0.05, 0) is 48.9 Å². The van der Waals surface area contributed by atoms with Crippen LogP contribution in [0.3, 0.4) is 0 Å². The number of benzene rings is 2. The maximum atomic E-state index is 14.1. The third kappa shape index (κ3) is 2.71. The van der Waals surface area contributed by atoms with Crippen molar-refractivity contribution in [2.24, 2.45) is 5.73 Å². The standard InChI is InChI=1S/C17H15FN2O/c1-11(19)12-7-8-17(14(18)10-12)21-16-6-2-5-15-13(16)4-3-9-20-15/h2-11H,19H2,1H3/t11-/m0/s1. The largest absolute Gasteiger partial charge is 0.454 e. The number of halogens is 1. The summed E-state index contributed by atoms with van der Waals surface area (Å²) in [5.41, 5.74) is 7.29. The van der Waals surface area contributed by atoms with Gasteiger partial charge in [0, 0.05) is 17.6 Å². The van der Waals surface area contributed by atoms with Crippen molar-refractivity contribution in [1.82, 2.24) is 4.98 Å². The summed E-state index contributed by atoms with van der Waals surface area (Å²) in [5, 5.41) is 0.843. The highest BCUT2D eigenvalue weighted by atomic mass is 19.1. The van der Waals surface area contributed by atoms with Crippen molar-refractivity contribution in [3.05, 3.63) is 66.1 Å². The Morgan fingerprint density at radius 2 is 1.95 bits per heavy atom. The minimum absolute atomic E-state index is 0.177. The van der Waals surface area contributed by atoms with E-state index in [-0.39, 0.29) is 11.8 Å². The van der Waals surface area contributed by atoms with Crippen LogP contribution in [0.1, 0.15) is 18.5 Å². The van der Waals surface area contributed by atoms with Gasteiger partial charge in [-0.2, -0.15) is 0 Å². The molecule has 2 N–H and O–H groups in total. The van der Waals surface area contributed by atoms with Crippen LogP contribution >= 0.6 is 0 Å². The molecule has 3 nitrogen and oxygen atoms in total. The Balaban J connectivity index is 1.99. The first-order chi connectivity index (χ1) is 10.1. The lowest BCUT2D eigenvalue weighted by molar-refractivity contribution is 0.445. The van der Waals surface area contributed by atoms with E-state index in [2.05, 4.69) is 4.98 Å². The predicted molar refractivity (Wildman–Crippen MR) is 80.8 cm³/mol. The molecule has 1 aromatic heterocycles. The topological polar surface area (TPSA) is 48.1 Å². The summed E-state index contributed by atoms with van der Waals surface area (Å²) >= 11 is 0. The fourth-order valence-corrected chi connectivity index (χ4v) is 2.17. The third-order valence-corrected chi connectivity index (χ3v) is 3.31. The smallest absolute Gasteiger partial charge is 0.166 e. The fraction of sp³-hybridized carbons (Fsp3) is 0.118. The van der Waals surface area contributed by atoms with Crippen molar-refractivity contribution in [3.8, 4) is 11.5 Å². The zero-order valence-corrected chi connectivity index (χ0v) is 11.6. The van der Waals surface area contributed by atoms with Crippen LogP contribution < -0.4 is 10.5 Å². The summed E-state index contributed by atoms with van der Waals surface area (Å²) in [7, 11) is 0. The van der Waals surface area contributed by atoms with Crippen LogP contribution in [-0.4, -0.2) is 4.98 Å². The van der Waals surface area contributed by atoms with Crippen LogP contribution in [0.25, 0.3) is 10.9 Å². The van der Waals surface area contributed by atoms with Gasteiger partial charge in [0.1, 0.15) is 5.75 Å². The van der Waals surface area contributed by atoms with Gasteiger partial charge in [0.25, 0.3) is 0 Å². The predicted octanol–water partition coefficient (Wildman–Crippen LogP) is 4.19. The van der Waals surface area contributed by atoms with E-state index in [0.717, 1.165) is 16.5 Å². The van der Waals surface area contributed by atoms with Crippen molar-refractivity contribution in [2.45, 2.75) is 13.0 Å². The number of nitrogens with zero attached hydrogens (tertiary/aromatic N) is 1. The number of rotatable bonds is 3. The number of ether oxygens (including phenoxy) is 1. The second-order valence-corrected chi connectivity index (χ2v) is 4.91. The van der Waals surface area contributed by atoms with E-state index in [1.807, 2.05) is 31.2 Å². The molecule has 0 radical (unpaired) electrons. The zero-order chi connectivity index (χ0) is 14.8. The van der Waals surface area contributed by atoms with Crippen molar-refractivity contribution >= 4 is 10.9 Å². The summed E-state index contributed by atoms with van der Waals surface area (Å²) in [4.78, 5) is 4.25. The highest BCUT2D eigenvalue weighted by Crippen LogP contribution is 2.31. The molecule has 0 aliphatic rings. The van der Waals surface area contributed by atoms with Gasteiger partial charge < -0.3 is 10.5 Å². The lowest BCUT2D eigenvalue weighted by Gasteiger charge is -2.11. The molecule has 106 valence electrons. The molecular weight excluding hydrogens is 267 g/mol. The fourth-order valence-electron chi connectivity index (χ4n) is 2.17. The SMILES string of the molecule is C[C@H](N)c1ccc(Oc2cccc3ncccc23)c(F)c1. The number of hydrogen-bond donors (Lipinski definition) is 1. The Kier molecular flexibility index (Phi) is 3.54. The van der Waals surface area contributed by atoms with Gasteiger partial charge in [-0.15, -0.1) is 0 Å². The molecule has 3 rings (SSSR count). The normalized spacial score (nSPS) is 12.3. The Morgan fingerprint density at radius 3 is 2.71 bits per heavy atom. The summed E-state index contributed by atoms with van der Waals surface area (Å²) in [6.07, 6.45) is 1.71. The number of hydrogen-bond acceptors (Lipinski definition) is 3. The van der Waals surface area contributed by atoms with Gasteiger partial charge >= 0.3 is 0 Å². The van der Waals surface area contributed by atoms with Gasteiger partial charge in [0.2, 0.25) is 0 Å². The second kappa shape index (κ2) is 5.50. The Morgan fingerprint density at radius 1 is 1.10 bits per heavy atom. The molecule has 0 unspecified atom stereocenters. The molecular formula is C17H15FN2O. The molecule has 3 aromatic rings. The molecule has 0 amide bonds. The maximum absolute atomic E-state index is 14.1. The molecule has 0 fully saturated rings. The van der Waals surface area contributed by atoms with E-state index >= 15 is 0 Å². The monoisotopic (exact) mass is 282 g/mol.